The van der Waals surface area contributed by atoms with E-state index >= 15 is 0 Å². The Balaban J connectivity index is 1.73. The number of nitrogens with zero attached hydrogens (tertiary/aromatic N) is 1. The van der Waals surface area contributed by atoms with E-state index in [1.54, 1.807) is 24.5 Å². The Bertz CT molecular complexity index is 1180. The van der Waals surface area contributed by atoms with E-state index in [-0.39, 0.29) is 5.76 Å². The molecule has 140 valence electrons. The highest BCUT2D eigenvalue weighted by atomic mass is 32.1. The fourth-order valence-electron chi connectivity index (χ4n) is 3.05. The number of esters is 1. The van der Waals surface area contributed by atoms with Crippen molar-refractivity contribution in [3.63, 3.8) is 0 Å². The van der Waals surface area contributed by atoms with E-state index in [1.165, 1.54) is 18.4 Å². The van der Waals surface area contributed by atoms with E-state index in [9.17, 15) is 9.59 Å². The number of nitrogens with one attached hydrogen (secondary N) is 1. The minimum atomic E-state index is -0.523. The minimum absolute atomic E-state index is 0.218. The fraction of sp³-hybridized carbons (Fsp3) is 0.0952. The number of amides is 1. The Morgan fingerprint density at radius 2 is 1.89 bits per heavy atom. The Morgan fingerprint density at radius 3 is 2.61 bits per heavy atom. The first-order valence-electron chi connectivity index (χ1n) is 8.50. The van der Waals surface area contributed by atoms with Crippen molar-refractivity contribution in [1.82, 2.24) is 4.98 Å². The van der Waals surface area contributed by atoms with E-state index in [0.29, 0.717) is 21.7 Å². The van der Waals surface area contributed by atoms with Crippen LogP contribution in [0, 0.1) is 6.92 Å². The molecule has 0 radical (unpaired) electrons. The topological polar surface area (TPSA) is 81.4 Å². The lowest BCUT2D eigenvalue weighted by atomic mass is 10.1. The third-order valence-corrected chi connectivity index (χ3v) is 5.34. The first kappa shape index (κ1) is 17.9. The third kappa shape index (κ3) is 3.05. The molecule has 0 aliphatic heterocycles. The quantitative estimate of drug-likeness (QED) is 0.499. The Labute approximate surface area is 164 Å². The summed E-state index contributed by atoms with van der Waals surface area (Å²) in [7, 11) is 1.31. The van der Waals surface area contributed by atoms with Crippen molar-refractivity contribution in [3.05, 3.63) is 71.1 Å². The van der Waals surface area contributed by atoms with Crippen LogP contribution >= 0.6 is 11.3 Å². The molecular formula is C21H16N2O4S. The van der Waals surface area contributed by atoms with Crippen LogP contribution in [0.25, 0.3) is 22.1 Å². The summed E-state index contributed by atoms with van der Waals surface area (Å²) in [4.78, 5) is 29.3. The smallest absolute Gasteiger partial charge is 0.341 e. The van der Waals surface area contributed by atoms with Crippen molar-refractivity contribution in [1.29, 1.82) is 0 Å². The second kappa shape index (κ2) is 7.28. The molecule has 7 heteroatoms. The molecule has 0 bridgehead atoms. The van der Waals surface area contributed by atoms with Gasteiger partial charge < -0.3 is 14.5 Å². The van der Waals surface area contributed by atoms with Gasteiger partial charge in [0.25, 0.3) is 5.91 Å². The summed E-state index contributed by atoms with van der Waals surface area (Å²) in [6.07, 6.45) is 3.29. The average molecular weight is 392 g/mol. The number of carbonyl (C=O) groups excluding carboxylic acids is 2. The Morgan fingerprint density at radius 1 is 1.14 bits per heavy atom. The molecule has 1 aromatic carbocycles. The molecule has 0 saturated heterocycles. The number of methoxy groups -OCH3 is 1. The van der Waals surface area contributed by atoms with Gasteiger partial charge in [-0.2, -0.15) is 0 Å². The number of aromatic nitrogens is 1. The maximum atomic E-state index is 12.9. The van der Waals surface area contributed by atoms with Gasteiger partial charge in [-0.25, -0.2) is 4.79 Å². The number of rotatable bonds is 4. The number of furan rings is 1. The lowest BCUT2D eigenvalue weighted by Gasteiger charge is -2.07. The number of thiophene rings is 1. The summed E-state index contributed by atoms with van der Waals surface area (Å²) in [5.74, 6) is -0.720. The first-order chi connectivity index (χ1) is 13.6. The number of hydrogen-bond donors (Lipinski definition) is 1. The molecule has 3 heterocycles. The lowest BCUT2D eigenvalue weighted by molar-refractivity contribution is 0.0603. The second-order valence-corrected chi connectivity index (χ2v) is 6.97. The highest BCUT2D eigenvalue weighted by Crippen LogP contribution is 2.36. The minimum Gasteiger partial charge on any atom is -0.465 e. The van der Waals surface area contributed by atoms with Crippen molar-refractivity contribution in [2.75, 3.05) is 12.4 Å². The lowest BCUT2D eigenvalue weighted by Crippen LogP contribution is -2.14. The van der Waals surface area contributed by atoms with Crippen molar-refractivity contribution in [3.8, 4) is 11.1 Å². The largest absolute Gasteiger partial charge is 0.465 e. The zero-order chi connectivity index (χ0) is 19.7. The van der Waals surface area contributed by atoms with Crippen LogP contribution in [-0.2, 0) is 4.74 Å². The van der Waals surface area contributed by atoms with E-state index < -0.39 is 11.9 Å². The maximum absolute atomic E-state index is 12.9. The summed E-state index contributed by atoms with van der Waals surface area (Å²) in [5.41, 5.74) is 3.18. The third-order valence-electron chi connectivity index (χ3n) is 4.45. The van der Waals surface area contributed by atoms with Crippen molar-refractivity contribution >= 4 is 39.2 Å². The number of anilines is 1. The summed E-state index contributed by atoms with van der Waals surface area (Å²) < 4.78 is 10.7. The molecule has 1 N–H and O–H groups in total. The zero-order valence-corrected chi connectivity index (χ0v) is 16.0. The molecule has 0 atom stereocenters. The van der Waals surface area contributed by atoms with Gasteiger partial charge in [-0.15, -0.1) is 11.3 Å². The van der Waals surface area contributed by atoms with E-state index in [0.717, 1.165) is 16.5 Å². The molecule has 3 aromatic heterocycles. The number of hydrogen-bond acceptors (Lipinski definition) is 6. The van der Waals surface area contributed by atoms with Gasteiger partial charge in [0.05, 0.1) is 7.11 Å². The molecule has 28 heavy (non-hydrogen) atoms. The SMILES string of the molecule is COC(=O)c1c(-c2ccncc2)csc1NC(=O)c1oc2ccccc2c1C. The van der Waals surface area contributed by atoms with Gasteiger partial charge in [-0.3, -0.25) is 9.78 Å². The first-order valence-corrected chi connectivity index (χ1v) is 9.37. The predicted molar refractivity (Wildman–Crippen MR) is 108 cm³/mol. The molecule has 0 fully saturated rings. The zero-order valence-electron chi connectivity index (χ0n) is 15.2. The molecule has 4 rings (SSSR count). The monoisotopic (exact) mass is 392 g/mol. The Hall–Kier alpha value is -3.45. The van der Waals surface area contributed by atoms with E-state index in [4.69, 9.17) is 9.15 Å². The molecule has 0 aliphatic carbocycles. The number of aryl methyl sites for hydroxylation is 1. The van der Waals surface area contributed by atoms with Crippen LogP contribution in [0.1, 0.15) is 26.5 Å². The van der Waals surface area contributed by atoms with Crippen LogP contribution in [-0.4, -0.2) is 24.0 Å². The number of fused-ring (bicyclic) bond motifs is 1. The Kier molecular flexibility index (Phi) is 4.67. The molecule has 1 amide bonds. The van der Waals surface area contributed by atoms with Crippen molar-refractivity contribution in [2.24, 2.45) is 0 Å². The van der Waals surface area contributed by atoms with E-state index in [2.05, 4.69) is 10.3 Å². The molecule has 0 spiro atoms. The van der Waals surface area contributed by atoms with Crippen LogP contribution in [0.3, 0.4) is 0 Å². The van der Waals surface area contributed by atoms with E-state index in [1.807, 2.05) is 36.6 Å². The fourth-order valence-corrected chi connectivity index (χ4v) is 4.00. The summed E-state index contributed by atoms with van der Waals surface area (Å²) in [6, 6.07) is 11.0. The summed E-state index contributed by atoms with van der Waals surface area (Å²) in [5, 5.41) is 5.90. The van der Waals surface area contributed by atoms with Gasteiger partial charge in [-0.1, -0.05) is 18.2 Å². The number of benzene rings is 1. The number of pyridine rings is 1. The van der Waals surface area contributed by atoms with Gasteiger partial charge in [-0.05, 0) is 30.7 Å². The number of para-hydroxylation sites is 1. The average Bonchev–Trinajstić information content (AvgIpc) is 3.29. The second-order valence-electron chi connectivity index (χ2n) is 6.09. The number of ether oxygens (including phenoxy) is 1. The molecular weight excluding hydrogens is 376 g/mol. The molecule has 0 saturated carbocycles. The summed E-state index contributed by atoms with van der Waals surface area (Å²) >= 11 is 1.26. The van der Waals surface area contributed by atoms with Gasteiger partial charge in [0, 0.05) is 34.3 Å². The summed E-state index contributed by atoms with van der Waals surface area (Å²) in [6.45, 7) is 1.83. The van der Waals surface area contributed by atoms with Crippen LogP contribution in [0.15, 0.2) is 58.6 Å². The highest BCUT2D eigenvalue weighted by Gasteiger charge is 2.24. The van der Waals surface area contributed by atoms with Gasteiger partial charge in [0.2, 0.25) is 0 Å². The van der Waals surface area contributed by atoms with Gasteiger partial charge in [0.1, 0.15) is 16.1 Å². The maximum Gasteiger partial charge on any atom is 0.341 e. The van der Waals surface area contributed by atoms with Crippen molar-refractivity contribution < 1.29 is 18.7 Å². The molecule has 6 nitrogen and oxygen atoms in total. The van der Waals surface area contributed by atoms with Crippen LogP contribution in [0.2, 0.25) is 0 Å². The highest BCUT2D eigenvalue weighted by molar-refractivity contribution is 7.15. The van der Waals surface area contributed by atoms with Crippen molar-refractivity contribution in [2.45, 2.75) is 6.92 Å². The molecule has 0 unspecified atom stereocenters. The standard InChI is InChI=1S/C21H16N2O4S/c1-12-14-5-3-4-6-16(14)27-18(12)19(24)23-20-17(21(25)26-2)15(11-28-20)13-7-9-22-10-8-13/h3-11H,1-2H3,(H,23,24). The van der Waals surface area contributed by atoms with Crippen LogP contribution in [0.5, 0.6) is 0 Å². The molecule has 0 aliphatic rings. The van der Waals surface area contributed by atoms with Gasteiger partial charge >= 0.3 is 5.97 Å². The van der Waals surface area contributed by atoms with Gasteiger partial charge in [0.15, 0.2) is 5.76 Å². The van der Waals surface area contributed by atoms with Crippen LogP contribution < -0.4 is 5.32 Å². The van der Waals surface area contributed by atoms with Crippen LogP contribution in [0.4, 0.5) is 5.00 Å². The molecule has 4 aromatic rings. The number of carbonyl (C=O) groups is 2. The predicted octanol–water partition coefficient (Wildman–Crippen LogP) is 4.90. The normalized spacial score (nSPS) is 10.8.